The highest BCUT2D eigenvalue weighted by molar-refractivity contribution is 5.97. The van der Waals surface area contributed by atoms with E-state index in [4.69, 9.17) is 4.74 Å². The number of methoxy groups -OCH3 is 1. The van der Waals surface area contributed by atoms with Gasteiger partial charge in [-0.3, -0.25) is 9.59 Å². The summed E-state index contributed by atoms with van der Waals surface area (Å²) in [4.78, 5) is 31.5. The van der Waals surface area contributed by atoms with Crippen molar-refractivity contribution < 1.29 is 14.3 Å². The molecule has 6 nitrogen and oxygen atoms in total. The van der Waals surface area contributed by atoms with E-state index in [0.717, 1.165) is 39.0 Å². The maximum atomic E-state index is 12.7. The lowest BCUT2D eigenvalue weighted by atomic mass is 9.94. The second-order valence-electron chi connectivity index (χ2n) is 6.90. The first-order chi connectivity index (χ1) is 12.1. The van der Waals surface area contributed by atoms with Gasteiger partial charge in [-0.05, 0) is 32.0 Å². The fourth-order valence-electron chi connectivity index (χ4n) is 3.61. The normalized spacial score (nSPS) is 19.8. The zero-order valence-corrected chi connectivity index (χ0v) is 15.1. The zero-order chi connectivity index (χ0) is 17.8. The average Bonchev–Trinajstić information content (AvgIpc) is 2.67. The number of hydrogen-bond donors (Lipinski definition) is 0. The molecular formula is C19H27N3O3. The number of likely N-dealkylation sites (N-methyl/N-ethyl adjacent to an activating group) is 1. The summed E-state index contributed by atoms with van der Waals surface area (Å²) in [5, 5.41) is 0. The van der Waals surface area contributed by atoms with Crippen molar-refractivity contribution in [2.45, 2.75) is 12.8 Å². The molecule has 136 valence electrons. The third-order valence-electron chi connectivity index (χ3n) is 5.28. The number of hydrogen-bond acceptors (Lipinski definition) is 4. The van der Waals surface area contributed by atoms with E-state index in [9.17, 15) is 9.59 Å². The zero-order valence-electron chi connectivity index (χ0n) is 15.1. The van der Waals surface area contributed by atoms with Gasteiger partial charge < -0.3 is 19.4 Å². The van der Waals surface area contributed by atoms with Crippen LogP contribution in [0.5, 0.6) is 5.75 Å². The number of rotatable bonds is 3. The van der Waals surface area contributed by atoms with Crippen LogP contribution < -0.4 is 4.74 Å². The largest absolute Gasteiger partial charge is 0.496 e. The third kappa shape index (κ3) is 3.95. The maximum Gasteiger partial charge on any atom is 0.257 e. The summed E-state index contributed by atoms with van der Waals surface area (Å²) >= 11 is 0. The topological polar surface area (TPSA) is 53.1 Å². The number of likely N-dealkylation sites (tertiary alicyclic amines) is 1. The lowest BCUT2D eigenvalue weighted by molar-refractivity contribution is -0.138. The molecule has 1 aromatic carbocycles. The molecule has 0 saturated carbocycles. The van der Waals surface area contributed by atoms with Crippen molar-refractivity contribution in [3.8, 4) is 5.75 Å². The van der Waals surface area contributed by atoms with E-state index in [-0.39, 0.29) is 17.7 Å². The molecule has 2 saturated heterocycles. The van der Waals surface area contributed by atoms with Gasteiger partial charge in [-0.2, -0.15) is 0 Å². The van der Waals surface area contributed by atoms with Crippen molar-refractivity contribution in [3.63, 3.8) is 0 Å². The predicted molar refractivity (Wildman–Crippen MR) is 95.7 cm³/mol. The molecule has 0 bridgehead atoms. The summed E-state index contributed by atoms with van der Waals surface area (Å²) < 4.78 is 5.29. The van der Waals surface area contributed by atoms with Gasteiger partial charge in [0.2, 0.25) is 5.91 Å². The van der Waals surface area contributed by atoms with Crippen LogP contribution in [0, 0.1) is 5.92 Å². The number of carbonyl (C=O) groups excluding carboxylic acids is 2. The Balaban J connectivity index is 1.56. The minimum absolute atomic E-state index is 0.0112. The first-order valence-corrected chi connectivity index (χ1v) is 8.99. The number of amides is 2. The van der Waals surface area contributed by atoms with Crippen molar-refractivity contribution in [3.05, 3.63) is 29.8 Å². The van der Waals surface area contributed by atoms with Gasteiger partial charge in [-0.1, -0.05) is 12.1 Å². The second kappa shape index (κ2) is 7.87. The second-order valence-corrected chi connectivity index (χ2v) is 6.90. The number of ether oxygens (including phenoxy) is 1. The molecule has 6 heteroatoms. The van der Waals surface area contributed by atoms with Gasteiger partial charge in [0, 0.05) is 45.2 Å². The molecule has 2 fully saturated rings. The van der Waals surface area contributed by atoms with Crippen LogP contribution >= 0.6 is 0 Å². The number of piperidine rings is 1. The molecule has 2 amide bonds. The molecule has 0 aliphatic carbocycles. The van der Waals surface area contributed by atoms with Crippen LogP contribution in [0.15, 0.2) is 24.3 Å². The first kappa shape index (κ1) is 17.7. The fraction of sp³-hybridized carbons (Fsp3) is 0.579. The first-order valence-electron chi connectivity index (χ1n) is 8.99. The monoisotopic (exact) mass is 345 g/mol. The summed E-state index contributed by atoms with van der Waals surface area (Å²) in [7, 11) is 3.66. The van der Waals surface area contributed by atoms with E-state index < -0.39 is 0 Å². The minimum atomic E-state index is -0.0112. The predicted octanol–water partition coefficient (Wildman–Crippen LogP) is 1.32. The van der Waals surface area contributed by atoms with Crippen LogP contribution in [-0.2, 0) is 4.79 Å². The number of benzene rings is 1. The summed E-state index contributed by atoms with van der Waals surface area (Å²) in [5.74, 6) is 0.897. The highest BCUT2D eigenvalue weighted by Crippen LogP contribution is 2.25. The molecule has 2 heterocycles. The third-order valence-corrected chi connectivity index (χ3v) is 5.28. The molecule has 1 aromatic rings. The van der Waals surface area contributed by atoms with Gasteiger partial charge >= 0.3 is 0 Å². The van der Waals surface area contributed by atoms with Crippen molar-refractivity contribution in [1.29, 1.82) is 0 Å². The van der Waals surface area contributed by atoms with Gasteiger partial charge in [0.05, 0.1) is 12.7 Å². The van der Waals surface area contributed by atoms with Gasteiger partial charge in [-0.25, -0.2) is 0 Å². The quantitative estimate of drug-likeness (QED) is 0.829. The number of para-hydroxylation sites is 1. The molecular weight excluding hydrogens is 318 g/mol. The molecule has 0 N–H and O–H groups in total. The number of nitrogens with zero attached hydrogens (tertiary/aromatic N) is 3. The summed E-state index contributed by atoms with van der Waals surface area (Å²) in [6.07, 6.45) is 1.48. The van der Waals surface area contributed by atoms with Crippen LogP contribution in [0.1, 0.15) is 23.2 Å². The molecule has 0 spiro atoms. The fourth-order valence-corrected chi connectivity index (χ4v) is 3.61. The van der Waals surface area contributed by atoms with Crippen molar-refractivity contribution in [1.82, 2.24) is 14.7 Å². The Morgan fingerprint density at radius 2 is 1.60 bits per heavy atom. The summed E-state index contributed by atoms with van der Waals surface area (Å²) in [6, 6.07) is 7.30. The van der Waals surface area contributed by atoms with Crippen LogP contribution in [0.25, 0.3) is 0 Å². The Morgan fingerprint density at radius 3 is 2.24 bits per heavy atom. The minimum Gasteiger partial charge on any atom is -0.496 e. The maximum absolute atomic E-state index is 12.7. The lowest BCUT2D eigenvalue weighted by Crippen LogP contribution is -2.51. The van der Waals surface area contributed by atoms with E-state index in [1.165, 1.54) is 0 Å². The van der Waals surface area contributed by atoms with E-state index >= 15 is 0 Å². The molecule has 3 rings (SSSR count). The molecule has 0 aromatic heterocycles. The molecule has 2 aliphatic heterocycles. The van der Waals surface area contributed by atoms with E-state index in [1.807, 2.05) is 21.9 Å². The highest BCUT2D eigenvalue weighted by atomic mass is 16.5. The molecule has 0 unspecified atom stereocenters. The number of carbonyl (C=O) groups is 2. The highest BCUT2D eigenvalue weighted by Gasteiger charge is 2.32. The Labute approximate surface area is 149 Å². The Hall–Kier alpha value is -2.08. The molecule has 0 atom stereocenters. The molecule has 25 heavy (non-hydrogen) atoms. The van der Waals surface area contributed by atoms with Crippen LogP contribution in [0.2, 0.25) is 0 Å². The Kier molecular flexibility index (Phi) is 5.58. The summed E-state index contributed by atoms with van der Waals surface area (Å²) in [5.41, 5.74) is 0.592. The van der Waals surface area contributed by atoms with Gasteiger partial charge in [0.15, 0.2) is 0 Å². The van der Waals surface area contributed by atoms with Crippen LogP contribution in [0.3, 0.4) is 0 Å². The Morgan fingerprint density at radius 1 is 0.960 bits per heavy atom. The van der Waals surface area contributed by atoms with E-state index in [2.05, 4.69) is 11.9 Å². The standard InChI is InChI=1S/C19H27N3O3/c1-20-11-13-22(14-12-20)18(23)15-7-9-21(10-8-15)19(24)16-5-3-4-6-17(16)25-2/h3-6,15H,7-14H2,1-2H3. The summed E-state index contributed by atoms with van der Waals surface area (Å²) in [6.45, 7) is 4.77. The smallest absolute Gasteiger partial charge is 0.257 e. The van der Waals surface area contributed by atoms with Crippen molar-refractivity contribution >= 4 is 11.8 Å². The Bertz CT molecular complexity index is 618. The van der Waals surface area contributed by atoms with Crippen molar-refractivity contribution in [2.75, 3.05) is 53.4 Å². The lowest BCUT2D eigenvalue weighted by Gasteiger charge is -2.37. The van der Waals surface area contributed by atoms with E-state index in [1.54, 1.807) is 19.2 Å². The molecule has 0 radical (unpaired) electrons. The average molecular weight is 345 g/mol. The van der Waals surface area contributed by atoms with Crippen LogP contribution in [-0.4, -0.2) is 79.9 Å². The van der Waals surface area contributed by atoms with Gasteiger partial charge in [0.25, 0.3) is 5.91 Å². The SMILES string of the molecule is COc1ccccc1C(=O)N1CCC(C(=O)N2CCN(C)CC2)CC1. The van der Waals surface area contributed by atoms with E-state index in [0.29, 0.717) is 24.4 Å². The number of piperazine rings is 1. The van der Waals surface area contributed by atoms with Crippen LogP contribution in [0.4, 0.5) is 0 Å². The van der Waals surface area contributed by atoms with Gasteiger partial charge in [0.1, 0.15) is 5.75 Å². The molecule has 2 aliphatic rings. The van der Waals surface area contributed by atoms with Gasteiger partial charge in [-0.15, -0.1) is 0 Å². The van der Waals surface area contributed by atoms with Crippen molar-refractivity contribution in [2.24, 2.45) is 5.92 Å².